The maximum absolute atomic E-state index is 13.9. The van der Waals surface area contributed by atoms with E-state index < -0.39 is 11.6 Å². The number of carbonyl (C=O) groups is 3. The third kappa shape index (κ3) is 2.73. The first-order valence-electron chi connectivity index (χ1n) is 11.2. The molecule has 8 nitrogen and oxygen atoms in total. The number of aromatic nitrogens is 1. The summed E-state index contributed by atoms with van der Waals surface area (Å²) in [6, 6.07) is 12.3. The normalized spacial score (nSPS) is 21.9. The van der Waals surface area contributed by atoms with Crippen molar-refractivity contribution in [2.75, 3.05) is 18.6 Å². The number of ether oxygens (including phenoxy) is 1. The van der Waals surface area contributed by atoms with Crippen LogP contribution in [0.5, 0.6) is 5.75 Å². The number of imide groups is 1. The van der Waals surface area contributed by atoms with E-state index in [1.165, 1.54) is 4.90 Å². The fourth-order valence-corrected chi connectivity index (χ4v) is 5.11. The quantitative estimate of drug-likeness (QED) is 0.604. The summed E-state index contributed by atoms with van der Waals surface area (Å²) in [7, 11) is 1.62. The molecule has 168 valence electrons. The predicted molar refractivity (Wildman–Crippen MR) is 122 cm³/mol. The Morgan fingerprint density at radius 2 is 1.97 bits per heavy atom. The van der Waals surface area contributed by atoms with E-state index in [0.717, 1.165) is 40.8 Å². The Labute approximate surface area is 190 Å². The number of hydrogen-bond acceptors (Lipinski definition) is 4. The first kappa shape index (κ1) is 19.8. The summed E-state index contributed by atoms with van der Waals surface area (Å²) < 4.78 is 5.38. The van der Waals surface area contributed by atoms with E-state index in [-0.39, 0.29) is 17.9 Å². The minimum atomic E-state index is -1.18. The molecule has 6 rings (SSSR count). The lowest BCUT2D eigenvalue weighted by Crippen LogP contribution is -2.49. The van der Waals surface area contributed by atoms with Gasteiger partial charge < -0.3 is 19.9 Å². The first-order chi connectivity index (χ1) is 15.9. The zero-order valence-corrected chi connectivity index (χ0v) is 18.5. The molecule has 33 heavy (non-hydrogen) atoms. The van der Waals surface area contributed by atoms with E-state index in [0.29, 0.717) is 24.2 Å². The van der Waals surface area contributed by atoms with Gasteiger partial charge >= 0.3 is 6.03 Å². The number of fused-ring (bicyclic) bond motifs is 5. The summed E-state index contributed by atoms with van der Waals surface area (Å²) >= 11 is 0. The summed E-state index contributed by atoms with van der Waals surface area (Å²) in [5, 5.41) is 3.95. The summed E-state index contributed by atoms with van der Waals surface area (Å²) in [4.78, 5) is 46.5. The molecular weight excluding hydrogens is 420 g/mol. The van der Waals surface area contributed by atoms with Crippen molar-refractivity contribution < 1.29 is 19.1 Å². The number of anilines is 1. The van der Waals surface area contributed by atoms with Crippen LogP contribution in [0.3, 0.4) is 0 Å². The number of benzene rings is 2. The van der Waals surface area contributed by atoms with Crippen molar-refractivity contribution in [3.63, 3.8) is 0 Å². The Balaban J connectivity index is 1.46. The zero-order chi connectivity index (χ0) is 22.9. The van der Waals surface area contributed by atoms with Gasteiger partial charge in [-0.15, -0.1) is 0 Å². The highest BCUT2D eigenvalue weighted by atomic mass is 16.5. The molecule has 0 spiro atoms. The maximum atomic E-state index is 13.9. The van der Waals surface area contributed by atoms with Crippen LogP contribution in [0.4, 0.5) is 10.5 Å². The van der Waals surface area contributed by atoms with Crippen molar-refractivity contribution in [1.29, 1.82) is 0 Å². The maximum Gasteiger partial charge on any atom is 0.332 e. The zero-order valence-electron chi connectivity index (χ0n) is 18.5. The first-order valence-corrected chi connectivity index (χ1v) is 11.2. The van der Waals surface area contributed by atoms with Gasteiger partial charge in [-0.25, -0.2) is 9.69 Å². The van der Waals surface area contributed by atoms with Crippen molar-refractivity contribution in [2.45, 2.75) is 37.8 Å². The molecule has 2 fully saturated rings. The van der Waals surface area contributed by atoms with Crippen molar-refractivity contribution >= 4 is 34.4 Å². The van der Waals surface area contributed by atoms with Crippen LogP contribution in [0.25, 0.3) is 10.9 Å². The molecule has 0 bridgehead atoms. The second-order valence-corrected chi connectivity index (χ2v) is 9.05. The number of para-hydroxylation sites is 1. The third-order valence-corrected chi connectivity index (χ3v) is 7.07. The highest BCUT2D eigenvalue weighted by molar-refractivity contribution is 6.25. The molecule has 1 aromatic heterocycles. The van der Waals surface area contributed by atoms with Gasteiger partial charge in [-0.05, 0) is 62.1 Å². The molecule has 3 heterocycles. The molecule has 1 atom stereocenters. The Morgan fingerprint density at radius 1 is 1.18 bits per heavy atom. The van der Waals surface area contributed by atoms with Gasteiger partial charge in [-0.2, -0.15) is 0 Å². The molecule has 1 aliphatic carbocycles. The molecule has 4 amide bonds. The molecule has 1 unspecified atom stereocenters. The van der Waals surface area contributed by atoms with Crippen molar-refractivity contribution in [3.8, 4) is 5.75 Å². The molecular formula is C25H24N4O4. The molecule has 3 aliphatic rings. The Morgan fingerprint density at radius 3 is 2.73 bits per heavy atom. The van der Waals surface area contributed by atoms with Crippen LogP contribution in [0.2, 0.25) is 0 Å². The summed E-state index contributed by atoms with van der Waals surface area (Å²) in [6.45, 7) is 2.19. The molecule has 2 aromatic carbocycles. The Kier molecular flexibility index (Phi) is 4.11. The topological polar surface area (TPSA) is 94.7 Å². The number of H-pyrrole nitrogens is 1. The van der Waals surface area contributed by atoms with Crippen molar-refractivity contribution in [2.24, 2.45) is 0 Å². The minimum Gasteiger partial charge on any atom is -0.497 e. The number of nitrogens with one attached hydrogen (secondary N) is 2. The molecule has 2 N–H and O–H groups in total. The number of aromatic amines is 1. The van der Waals surface area contributed by atoms with E-state index in [9.17, 15) is 14.4 Å². The van der Waals surface area contributed by atoms with Gasteiger partial charge in [0.2, 0.25) is 0 Å². The number of nitrogens with zero attached hydrogens (tertiary/aromatic N) is 2. The molecule has 3 aromatic rings. The molecule has 1 saturated heterocycles. The smallest absolute Gasteiger partial charge is 0.332 e. The SMILES string of the molecule is COc1ccc2[nH]c3c(c2c1)CCN1C(=O)N(c2ccccc2C(=O)NC2CC2)C(=O)C31C. The second kappa shape index (κ2) is 6.84. The van der Waals surface area contributed by atoms with E-state index in [1.54, 1.807) is 43.2 Å². The Hall–Kier alpha value is -3.81. The fourth-order valence-electron chi connectivity index (χ4n) is 5.11. The van der Waals surface area contributed by atoms with E-state index in [1.807, 2.05) is 18.2 Å². The van der Waals surface area contributed by atoms with Gasteiger partial charge in [0.1, 0.15) is 5.75 Å². The van der Waals surface area contributed by atoms with Gasteiger partial charge in [0, 0.05) is 23.5 Å². The van der Waals surface area contributed by atoms with Gasteiger partial charge in [-0.3, -0.25) is 9.59 Å². The van der Waals surface area contributed by atoms with Crippen LogP contribution in [-0.2, 0) is 16.8 Å². The number of rotatable bonds is 4. The van der Waals surface area contributed by atoms with Gasteiger partial charge in [0.15, 0.2) is 5.54 Å². The number of methoxy groups -OCH3 is 1. The highest BCUT2D eigenvalue weighted by Crippen LogP contribution is 2.46. The molecule has 2 aliphatic heterocycles. The summed E-state index contributed by atoms with van der Waals surface area (Å²) in [6.07, 6.45) is 2.53. The van der Waals surface area contributed by atoms with Gasteiger partial charge in [0.05, 0.1) is 24.1 Å². The van der Waals surface area contributed by atoms with Crippen LogP contribution in [-0.4, -0.2) is 47.4 Å². The molecule has 1 saturated carbocycles. The van der Waals surface area contributed by atoms with Crippen LogP contribution in [0.15, 0.2) is 42.5 Å². The average molecular weight is 444 g/mol. The van der Waals surface area contributed by atoms with Crippen LogP contribution < -0.4 is 15.0 Å². The van der Waals surface area contributed by atoms with Crippen LogP contribution in [0.1, 0.15) is 41.4 Å². The van der Waals surface area contributed by atoms with Crippen molar-refractivity contribution in [3.05, 3.63) is 59.3 Å². The molecule has 0 radical (unpaired) electrons. The molecule has 8 heteroatoms. The third-order valence-electron chi connectivity index (χ3n) is 7.07. The fraction of sp³-hybridized carbons (Fsp3) is 0.320. The monoisotopic (exact) mass is 444 g/mol. The Bertz CT molecular complexity index is 1340. The summed E-state index contributed by atoms with van der Waals surface area (Å²) in [5.41, 5.74) is 2.10. The number of carbonyl (C=O) groups excluding carboxylic acids is 3. The predicted octanol–water partition coefficient (Wildman–Crippen LogP) is 3.31. The van der Waals surface area contributed by atoms with Crippen molar-refractivity contribution in [1.82, 2.24) is 15.2 Å². The number of urea groups is 1. The standard InChI is InChI=1S/C25H24N4O4/c1-25-21-16(18-13-15(33-2)9-10-19(18)27-21)11-12-28(25)24(32)29(23(25)31)20-6-4-3-5-17(20)22(30)26-14-7-8-14/h3-6,9-10,13-14,27H,7-8,11-12H2,1-2H3,(H,26,30). The lowest BCUT2D eigenvalue weighted by atomic mass is 9.87. The highest BCUT2D eigenvalue weighted by Gasteiger charge is 2.59. The lowest BCUT2D eigenvalue weighted by Gasteiger charge is -2.35. The van der Waals surface area contributed by atoms with Gasteiger partial charge in [-0.1, -0.05) is 12.1 Å². The largest absolute Gasteiger partial charge is 0.497 e. The lowest BCUT2D eigenvalue weighted by molar-refractivity contribution is -0.125. The van der Waals surface area contributed by atoms with Gasteiger partial charge in [0.25, 0.3) is 11.8 Å². The van der Waals surface area contributed by atoms with E-state index in [4.69, 9.17) is 4.74 Å². The average Bonchev–Trinajstić information content (AvgIpc) is 3.52. The second-order valence-electron chi connectivity index (χ2n) is 9.05. The van der Waals surface area contributed by atoms with Crippen LogP contribution in [0, 0.1) is 0 Å². The number of hydrogen-bond donors (Lipinski definition) is 2. The van der Waals surface area contributed by atoms with E-state index in [2.05, 4.69) is 10.3 Å². The summed E-state index contributed by atoms with van der Waals surface area (Å²) in [5.74, 6) is 0.115. The van der Waals surface area contributed by atoms with E-state index >= 15 is 0 Å². The van der Waals surface area contributed by atoms with Crippen LogP contribution >= 0.6 is 0 Å². The number of amides is 4. The minimum absolute atomic E-state index is 0.172.